The highest BCUT2D eigenvalue weighted by Crippen LogP contribution is 2.36. The zero-order valence-corrected chi connectivity index (χ0v) is 11.9. The van der Waals surface area contributed by atoms with E-state index in [1.165, 1.54) is 6.07 Å². The monoisotopic (exact) mass is 301 g/mol. The fourth-order valence-corrected chi connectivity index (χ4v) is 2.53. The molecule has 0 saturated carbocycles. The number of alkyl halides is 3. The summed E-state index contributed by atoms with van der Waals surface area (Å²) in [5.41, 5.74) is 4.15. The molecule has 7 heteroatoms. The topological polar surface area (TPSA) is 58.4 Å². The molecule has 1 heterocycles. The molecule has 2 rings (SSSR count). The highest BCUT2D eigenvalue weighted by atomic mass is 19.4. The van der Waals surface area contributed by atoms with Gasteiger partial charge in [0.25, 0.3) is 0 Å². The smallest absolute Gasteiger partial charge is 0.356 e. The third-order valence-corrected chi connectivity index (χ3v) is 3.78. The number of halogens is 3. The first-order valence-electron chi connectivity index (χ1n) is 6.64. The number of amides is 1. The number of carbonyl (C=O) groups excluding carboxylic acids is 1. The lowest BCUT2D eigenvalue weighted by Gasteiger charge is -2.43. The van der Waals surface area contributed by atoms with Gasteiger partial charge in [0, 0.05) is 25.3 Å². The van der Waals surface area contributed by atoms with E-state index in [1.807, 2.05) is 0 Å². The summed E-state index contributed by atoms with van der Waals surface area (Å²) >= 11 is 0. The van der Waals surface area contributed by atoms with Crippen molar-refractivity contribution in [3.8, 4) is 0 Å². The van der Waals surface area contributed by atoms with Crippen molar-refractivity contribution in [3.63, 3.8) is 0 Å². The van der Waals surface area contributed by atoms with Crippen LogP contribution in [0.5, 0.6) is 0 Å². The van der Waals surface area contributed by atoms with Crippen molar-refractivity contribution in [2.45, 2.75) is 32.1 Å². The van der Waals surface area contributed by atoms with E-state index in [4.69, 9.17) is 5.73 Å². The summed E-state index contributed by atoms with van der Waals surface area (Å²) in [5, 5.41) is 2.72. The molecule has 0 aliphatic carbocycles. The third-order valence-electron chi connectivity index (χ3n) is 3.78. The number of nitrogens with two attached hydrogens (primary N) is 1. The van der Waals surface area contributed by atoms with Gasteiger partial charge in [-0.25, -0.2) is 0 Å². The molecule has 1 aliphatic heterocycles. The molecular formula is C14H18F3N3O. The molecule has 3 N–H and O–H groups in total. The average molecular weight is 301 g/mol. The Labute approximate surface area is 121 Å². The predicted molar refractivity (Wildman–Crippen MR) is 73.8 cm³/mol. The first-order valence-corrected chi connectivity index (χ1v) is 6.64. The van der Waals surface area contributed by atoms with Crippen LogP contribution in [0.25, 0.3) is 0 Å². The Kier molecular flexibility index (Phi) is 3.88. The number of hydrogen-bond acceptors (Lipinski definition) is 3. The number of rotatable bonds is 2. The van der Waals surface area contributed by atoms with Crippen LogP contribution in [0.1, 0.15) is 25.0 Å². The van der Waals surface area contributed by atoms with Crippen molar-refractivity contribution in [2.24, 2.45) is 5.73 Å². The summed E-state index contributed by atoms with van der Waals surface area (Å²) in [4.78, 5) is 13.6. The number of piperazine rings is 1. The van der Waals surface area contributed by atoms with E-state index in [0.717, 1.165) is 6.07 Å². The number of hydrogen-bond donors (Lipinski definition) is 2. The fourth-order valence-electron chi connectivity index (χ4n) is 2.53. The average Bonchev–Trinajstić information content (AvgIpc) is 2.40. The minimum atomic E-state index is -4.47. The van der Waals surface area contributed by atoms with Crippen molar-refractivity contribution in [1.82, 2.24) is 5.32 Å². The molecular weight excluding hydrogens is 283 g/mol. The number of nitrogens with zero attached hydrogens (tertiary/aromatic N) is 1. The van der Waals surface area contributed by atoms with Gasteiger partial charge < -0.3 is 16.0 Å². The SMILES string of the molecule is CC1(C)C(=O)NCCN1c1ccc(CN)c(C(F)(F)F)c1. The quantitative estimate of drug-likeness (QED) is 0.877. The van der Waals surface area contributed by atoms with Gasteiger partial charge in [-0.3, -0.25) is 4.79 Å². The highest BCUT2D eigenvalue weighted by Gasteiger charge is 2.39. The van der Waals surface area contributed by atoms with Gasteiger partial charge >= 0.3 is 6.18 Å². The minimum Gasteiger partial charge on any atom is -0.356 e. The van der Waals surface area contributed by atoms with Crippen molar-refractivity contribution >= 4 is 11.6 Å². The largest absolute Gasteiger partial charge is 0.416 e. The summed E-state index contributed by atoms with van der Waals surface area (Å²) in [6.07, 6.45) is -4.47. The van der Waals surface area contributed by atoms with Gasteiger partial charge in [-0.15, -0.1) is 0 Å². The van der Waals surface area contributed by atoms with Crippen LogP contribution >= 0.6 is 0 Å². The summed E-state index contributed by atoms with van der Waals surface area (Å²) in [7, 11) is 0. The molecule has 0 radical (unpaired) electrons. The molecule has 1 aromatic rings. The highest BCUT2D eigenvalue weighted by molar-refractivity contribution is 5.90. The second kappa shape index (κ2) is 5.22. The van der Waals surface area contributed by atoms with E-state index < -0.39 is 17.3 Å². The van der Waals surface area contributed by atoms with Crippen LogP contribution in [0.15, 0.2) is 18.2 Å². The molecule has 21 heavy (non-hydrogen) atoms. The number of anilines is 1. The second-order valence-corrected chi connectivity index (χ2v) is 5.51. The third kappa shape index (κ3) is 2.83. The van der Waals surface area contributed by atoms with Crippen LogP contribution in [-0.2, 0) is 17.5 Å². The summed E-state index contributed by atoms with van der Waals surface area (Å²) in [5.74, 6) is -0.204. The molecule has 1 amide bonds. The Balaban J connectivity index is 2.48. The lowest BCUT2D eigenvalue weighted by Crippen LogP contribution is -2.62. The molecule has 116 valence electrons. The van der Waals surface area contributed by atoms with Crippen molar-refractivity contribution < 1.29 is 18.0 Å². The van der Waals surface area contributed by atoms with E-state index in [1.54, 1.807) is 24.8 Å². The van der Waals surface area contributed by atoms with E-state index in [-0.39, 0.29) is 18.0 Å². The van der Waals surface area contributed by atoms with Crippen LogP contribution in [0, 0.1) is 0 Å². The van der Waals surface area contributed by atoms with Gasteiger partial charge in [0.15, 0.2) is 0 Å². The zero-order valence-electron chi connectivity index (χ0n) is 11.9. The van der Waals surface area contributed by atoms with E-state index in [0.29, 0.717) is 18.8 Å². The second-order valence-electron chi connectivity index (χ2n) is 5.51. The molecule has 1 saturated heterocycles. The zero-order chi connectivity index (χ0) is 15.8. The summed E-state index contributed by atoms with van der Waals surface area (Å²) < 4.78 is 39.3. The van der Waals surface area contributed by atoms with Crippen LogP contribution in [-0.4, -0.2) is 24.5 Å². The minimum absolute atomic E-state index is 0.0468. The van der Waals surface area contributed by atoms with Crippen LogP contribution in [0.4, 0.5) is 18.9 Å². The molecule has 0 unspecified atom stereocenters. The van der Waals surface area contributed by atoms with Crippen LogP contribution in [0.3, 0.4) is 0 Å². The molecule has 1 aromatic carbocycles. The Morgan fingerprint density at radius 2 is 2.05 bits per heavy atom. The van der Waals surface area contributed by atoms with Crippen molar-refractivity contribution in [2.75, 3.05) is 18.0 Å². The standard InChI is InChI=1S/C14H18F3N3O/c1-13(2)12(21)19-5-6-20(13)10-4-3-9(8-18)11(7-10)14(15,16)17/h3-4,7H,5-6,8,18H2,1-2H3,(H,19,21). The lowest BCUT2D eigenvalue weighted by atomic mass is 9.96. The maximum absolute atomic E-state index is 13.1. The predicted octanol–water partition coefficient (Wildman–Crippen LogP) is 1.88. The van der Waals surface area contributed by atoms with Gasteiger partial charge in [-0.2, -0.15) is 13.2 Å². The molecule has 1 aliphatic rings. The van der Waals surface area contributed by atoms with Gasteiger partial charge in [-0.05, 0) is 31.5 Å². The van der Waals surface area contributed by atoms with Gasteiger partial charge in [0.2, 0.25) is 5.91 Å². The van der Waals surface area contributed by atoms with Gasteiger partial charge in [0.1, 0.15) is 5.54 Å². The summed E-state index contributed by atoms with van der Waals surface area (Å²) in [6, 6.07) is 4.03. The first kappa shape index (κ1) is 15.6. The number of carbonyl (C=O) groups is 1. The lowest BCUT2D eigenvalue weighted by molar-refractivity contribution is -0.138. The molecule has 1 fully saturated rings. The molecule has 0 spiro atoms. The van der Waals surface area contributed by atoms with Gasteiger partial charge in [-0.1, -0.05) is 6.07 Å². The fraction of sp³-hybridized carbons (Fsp3) is 0.500. The van der Waals surface area contributed by atoms with Crippen molar-refractivity contribution in [1.29, 1.82) is 0 Å². The first-order chi connectivity index (χ1) is 9.67. The molecule has 0 aromatic heterocycles. The molecule has 0 atom stereocenters. The Hall–Kier alpha value is -1.76. The van der Waals surface area contributed by atoms with E-state index in [2.05, 4.69) is 5.32 Å². The number of nitrogens with one attached hydrogen (secondary N) is 1. The van der Waals surface area contributed by atoms with Crippen LogP contribution < -0.4 is 16.0 Å². The Bertz CT molecular complexity index is 555. The van der Waals surface area contributed by atoms with E-state index in [9.17, 15) is 18.0 Å². The van der Waals surface area contributed by atoms with Gasteiger partial charge in [0.05, 0.1) is 5.56 Å². The molecule has 0 bridgehead atoms. The maximum Gasteiger partial charge on any atom is 0.416 e. The van der Waals surface area contributed by atoms with E-state index >= 15 is 0 Å². The Morgan fingerprint density at radius 1 is 1.38 bits per heavy atom. The normalized spacial score (nSPS) is 18.6. The number of benzene rings is 1. The molecule has 4 nitrogen and oxygen atoms in total. The Morgan fingerprint density at radius 3 is 2.62 bits per heavy atom. The van der Waals surface area contributed by atoms with Crippen molar-refractivity contribution in [3.05, 3.63) is 29.3 Å². The van der Waals surface area contributed by atoms with Crippen LogP contribution in [0.2, 0.25) is 0 Å². The summed E-state index contributed by atoms with van der Waals surface area (Å²) in [6.45, 7) is 4.05. The maximum atomic E-state index is 13.1.